The van der Waals surface area contributed by atoms with Gasteiger partial charge in [0.25, 0.3) is 5.91 Å². The zero-order valence-electron chi connectivity index (χ0n) is 11.1. The molecule has 1 spiro atoms. The topological polar surface area (TPSA) is 84.3 Å². The molecule has 3 rings (SSSR count). The van der Waals surface area contributed by atoms with Crippen molar-refractivity contribution in [2.24, 2.45) is 0 Å². The highest BCUT2D eigenvalue weighted by atomic mass is 32.1. The predicted molar refractivity (Wildman–Crippen MR) is 76.0 cm³/mol. The number of carbonyl (C=O) groups is 1. The first-order valence-corrected chi connectivity index (χ1v) is 7.70. The van der Waals surface area contributed by atoms with Gasteiger partial charge in [-0.1, -0.05) is 11.3 Å². The Bertz CT molecular complexity index is 539. The van der Waals surface area contributed by atoms with Crippen molar-refractivity contribution in [2.45, 2.75) is 43.7 Å². The smallest absolute Gasteiger partial charge is 0.324 e. The molecule has 1 unspecified atom stereocenters. The summed E-state index contributed by atoms with van der Waals surface area (Å²) in [5.74, 6) is -0.190. The second kappa shape index (κ2) is 5.14. The van der Waals surface area contributed by atoms with Gasteiger partial charge in [-0.3, -0.25) is 14.9 Å². The fourth-order valence-corrected chi connectivity index (χ4v) is 3.79. The zero-order valence-corrected chi connectivity index (χ0v) is 11.9. The van der Waals surface area contributed by atoms with Crippen LogP contribution >= 0.6 is 11.3 Å². The summed E-state index contributed by atoms with van der Waals surface area (Å²) in [7, 11) is 0. The Morgan fingerprint density at radius 3 is 2.90 bits per heavy atom. The van der Waals surface area contributed by atoms with Crippen molar-refractivity contribution < 1.29 is 9.72 Å². The maximum atomic E-state index is 12.1. The number of amides is 1. The van der Waals surface area contributed by atoms with Gasteiger partial charge in [-0.25, -0.2) is 0 Å². The van der Waals surface area contributed by atoms with Crippen molar-refractivity contribution in [3.05, 3.63) is 27.1 Å². The Hall–Kier alpha value is -1.47. The Labute approximate surface area is 120 Å². The molecule has 20 heavy (non-hydrogen) atoms. The van der Waals surface area contributed by atoms with E-state index in [-0.39, 0.29) is 22.5 Å². The van der Waals surface area contributed by atoms with Crippen molar-refractivity contribution in [3.8, 4) is 0 Å². The Morgan fingerprint density at radius 1 is 1.50 bits per heavy atom. The van der Waals surface area contributed by atoms with Gasteiger partial charge in [0, 0.05) is 17.6 Å². The van der Waals surface area contributed by atoms with Gasteiger partial charge in [-0.2, -0.15) is 0 Å². The number of nitrogens with zero attached hydrogens (tertiary/aromatic N) is 1. The van der Waals surface area contributed by atoms with E-state index in [0.717, 1.165) is 30.7 Å². The first-order chi connectivity index (χ1) is 9.58. The minimum atomic E-state index is -0.463. The fourth-order valence-electron chi connectivity index (χ4n) is 3.07. The van der Waals surface area contributed by atoms with E-state index >= 15 is 0 Å². The maximum absolute atomic E-state index is 12.1. The Kier molecular flexibility index (Phi) is 3.47. The number of nitro groups is 1. The number of rotatable bonds is 3. The third-order valence-corrected chi connectivity index (χ3v) is 5.31. The van der Waals surface area contributed by atoms with Crippen LogP contribution in [-0.4, -0.2) is 29.0 Å². The normalized spacial score (nSPS) is 24.1. The summed E-state index contributed by atoms with van der Waals surface area (Å²) in [6.07, 6.45) is 5.51. The second-order valence-electron chi connectivity index (χ2n) is 5.62. The highest BCUT2D eigenvalue weighted by Crippen LogP contribution is 2.38. The van der Waals surface area contributed by atoms with E-state index in [0.29, 0.717) is 4.88 Å². The summed E-state index contributed by atoms with van der Waals surface area (Å²) in [5, 5.41) is 17.2. The molecule has 6 nitrogen and oxygen atoms in total. The van der Waals surface area contributed by atoms with Gasteiger partial charge in [0.1, 0.15) is 0 Å². The SMILES string of the molecule is O=C(NC1CCNC2(CCC2)C1)c1ccc([N+](=O)[O-])s1. The third-order valence-electron chi connectivity index (χ3n) is 4.27. The van der Waals surface area contributed by atoms with Gasteiger partial charge in [0.2, 0.25) is 0 Å². The first-order valence-electron chi connectivity index (χ1n) is 6.88. The summed E-state index contributed by atoms with van der Waals surface area (Å²) in [6, 6.07) is 3.08. The fraction of sp³-hybridized carbons (Fsp3) is 0.615. The zero-order chi connectivity index (χ0) is 14.2. The number of piperidine rings is 1. The van der Waals surface area contributed by atoms with Crippen LogP contribution < -0.4 is 10.6 Å². The van der Waals surface area contributed by atoms with E-state index in [4.69, 9.17) is 0 Å². The van der Waals surface area contributed by atoms with Crippen molar-refractivity contribution in [2.75, 3.05) is 6.54 Å². The molecule has 0 bridgehead atoms. The largest absolute Gasteiger partial charge is 0.348 e. The van der Waals surface area contributed by atoms with Gasteiger partial charge < -0.3 is 10.6 Å². The molecule has 0 radical (unpaired) electrons. The predicted octanol–water partition coefficient (Wildman–Crippen LogP) is 2.06. The molecule has 1 atom stereocenters. The van der Waals surface area contributed by atoms with E-state index in [1.165, 1.54) is 31.4 Å². The lowest BCUT2D eigenvalue weighted by molar-refractivity contribution is -0.380. The van der Waals surface area contributed by atoms with E-state index < -0.39 is 4.92 Å². The van der Waals surface area contributed by atoms with Crippen LogP contribution in [0.25, 0.3) is 0 Å². The Morgan fingerprint density at radius 2 is 2.30 bits per heavy atom. The third kappa shape index (κ3) is 2.55. The monoisotopic (exact) mass is 295 g/mol. The van der Waals surface area contributed by atoms with Gasteiger partial charge in [0.05, 0.1) is 9.80 Å². The van der Waals surface area contributed by atoms with Crippen LogP contribution in [-0.2, 0) is 0 Å². The molecule has 1 saturated carbocycles. The lowest BCUT2D eigenvalue weighted by Crippen LogP contribution is -2.59. The molecular weight excluding hydrogens is 278 g/mol. The lowest BCUT2D eigenvalue weighted by Gasteiger charge is -2.48. The molecule has 2 aliphatic rings. The number of hydrogen-bond acceptors (Lipinski definition) is 5. The molecule has 2 fully saturated rings. The molecule has 7 heteroatoms. The summed E-state index contributed by atoms with van der Waals surface area (Å²) in [5.41, 5.74) is 0.234. The summed E-state index contributed by atoms with van der Waals surface area (Å²) < 4.78 is 0. The van der Waals surface area contributed by atoms with E-state index in [1.54, 1.807) is 0 Å². The van der Waals surface area contributed by atoms with Crippen LogP contribution in [0.3, 0.4) is 0 Å². The van der Waals surface area contributed by atoms with Gasteiger partial charge >= 0.3 is 5.00 Å². The van der Waals surface area contributed by atoms with Crippen LogP contribution in [0.1, 0.15) is 41.8 Å². The molecule has 0 aromatic carbocycles. The van der Waals surface area contributed by atoms with Gasteiger partial charge in [-0.05, 0) is 44.7 Å². The molecule has 2 N–H and O–H groups in total. The minimum Gasteiger partial charge on any atom is -0.348 e. The molecule has 1 saturated heterocycles. The summed E-state index contributed by atoms with van der Waals surface area (Å²) >= 11 is 0.931. The van der Waals surface area contributed by atoms with Crippen LogP contribution in [0.15, 0.2) is 12.1 Å². The first kappa shape index (κ1) is 13.5. The quantitative estimate of drug-likeness (QED) is 0.660. The molecular formula is C13H17N3O3S. The second-order valence-corrected chi connectivity index (χ2v) is 6.68. The molecule has 1 aliphatic heterocycles. The number of hydrogen-bond donors (Lipinski definition) is 2. The van der Waals surface area contributed by atoms with E-state index in [1.807, 2.05) is 0 Å². The lowest BCUT2D eigenvalue weighted by atomic mass is 9.70. The molecule has 1 aromatic heterocycles. The van der Waals surface area contributed by atoms with Crippen LogP contribution in [0.5, 0.6) is 0 Å². The van der Waals surface area contributed by atoms with E-state index in [9.17, 15) is 14.9 Å². The van der Waals surface area contributed by atoms with E-state index in [2.05, 4.69) is 10.6 Å². The van der Waals surface area contributed by atoms with Crippen molar-refractivity contribution in [3.63, 3.8) is 0 Å². The maximum Gasteiger partial charge on any atom is 0.324 e. The standard InChI is InChI=1S/C13H17N3O3S/c17-12(10-2-3-11(20-10)16(18)19)15-9-4-7-14-13(8-9)5-1-6-13/h2-3,9,14H,1,4-8H2,(H,15,17). The van der Waals surface area contributed by atoms with Crippen molar-refractivity contribution in [1.82, 2.24) is 10.6 Å². The summed E-state index contributed by atoms with van der Waals surface area (Å²) in [6.45, 7) is 0.926. The van der Waals surface area contributed by atoms with Crippen LogP contribution in [0, 0.1) is 10.1 Å². The molecule has 108 valence electrons. The summed E-state index contributed by atoms with van der Waals surface area (Å²) in [4.78, 5) is 22.7. The molecule has 1 amide bonds. The van der Waals surface area contributed by atoms with Crippen LogP contribution in [0.4, 0.5) is 5.00 Å². The van der Waals surface area contributed by atoms with Crippen LogP contribution in [0.2, 0.25) is 0 Å². The van der Waals surface area contributed by atoms with Gasteiger partial charge in [-0.15, -0.1) is 0 Å². The Balaban J connectivity index is 1.61. The molecule has 2 heterocycles. The minimum absolute atomic E-state index is 0.0101. The van der Waals surface area contributed by atoms with Gasteiger partial charge in [0.15, 0.2) is 0 Å². The highest BCUT2D eigenvalue weighted by Gasteiger charge is 2.41. The van der Waals surface area contributed by atoms with Crippen molar-refractivity contribution in [1.29, 1.82) is 0 Å². The van der Waals surface area contributed by atoms with Crippen molar-refractivity contribution >= 4 is 22.2 Å². The molecule has 1 aliphatic carbocycles. The number of carbonyl (C=O) groups excluding carboxylic acids is 1. The average Bonchev–Trinajstić information content (AvgIpc) is 2.87. The molecule has 1 aromatic rings. The highest BCUT2D eigenvalue weighted by molar-refractivity contribution is 7.17. The average molecular weight is 295 g/mol. The number of thiophene rings is 1. The number of nitrogens with one attached hydrogen (secondary N) is 2.